The maximum Gasteiger partial charge on any atom is 0.314 e. The largest absolute Gasteiger partial charge is 0.481 e. The molecule has 0 aliphatic heterocycles. The Balaban J connectivity index is 2.89. The van der Waals surface area contributed by atoms with Gasteiger partial charge in [-0.1, -0.05) is 20.3 Å². The molecule has 84 valence electrons. The minimum absolute atomic E-state index is 0.462. The number of hydrogen-bond donors (Lipinski definition) is 1. The second-order valence-corrected chi connectivity index (χ2v) is 3.66. The number of aryl methyl sites for hydroxylation is 1. The van der Waals surface area contributed by atoms with Crippen LogP contribution in [0.4, 0.5) is 0 Å². The fourth-order valence-corrected chi connectivity index (χ4v) is 1.71. The fraction of sp³-hybridized carbons (Fsp3) is 0.636. The predicted octanol–water partition coefficient (Wildman–Crippen LogP) is 2.26. The van der Waals surface area contributed by atoms with E-state index in [9.17, 15) is 4.79 Å². The molecule has 0 radical (unpaired) electrons. The van der Waals surface area contributed by atoms with Gasteiger partial charge >= 0.3 is 5.97 Å². The van der Waals surface area contributed by atoms with E-state index >= 15 is 0 Å². The number of hydrogen-bond acceptors (Lipinski definition) is 2. The number of carboxylic acids is 1. The van der Waals surface area contributed by atoms with Gasteiger partial charge in [-0.3, -0.25) is 4.79 Å². The summed E-state index contributed by atoms with van der Waals surface area (Å²) in [5, 5.41) is 9.12. The molecule has 4 heteroatoms. The summed E-state index contributed by atoms with van der Waals surface area (Å²) in [7, 11) is 0. The lowest BCUT2D eigenvalue weighted by Crippen LogP contribution is -2.17. The Bertz CT molecular complexity index is 320. The smallest absolute Gasteiger partial charge is 0.314 e. The van der Waals surface area contributed by atoms with E-state index in [1.807, 2.05) is 17.7 Å². The van der Waals surface area contributed by atoms with Crippen LogP contribution in [0.5, 0.6) is 0 Å². The number of imidazole rings is 1. The monoisotopic (exact) mass is 210 g/mol. The highest BCUT2D eigenvalue weighted by Crippen LogP contribution is 2.20. The predicted molar refractivity (Wildman–Crippen MR) is 57.8 cm³/mol. The van der Waals surface area contributed by atoms with Crippen molar-refractivity contribution in [1.82, 2.24) is 9.55 Å². The third-order valence-corrected chi connectivity index (χ3v) is 2.40. The van der Waals surface area contributed by atoms with Gasteiger partial charge in [-0.25, -0.2) is 4.98 Å². The van der Waals surface area contributed by atoms with Crippen molar-refractivity contribution in [3.05, 3.63) is 18.2 Å². The van der Waals surface area contributed by atoms with Crippen molar-refractivity contribution in [1.29, 1.82) is 0 Å². The Kier molecular flexibility index (Phi) is 4.34. The van der Waals surface area contributed by atoms with E-state index in [1.54, 1.807) is 6.20 Å². The summed E-state index contributed by atoms with van der Waals surface area (Å²) in [5.41, 5.74) is 0. The summed E-state index contributed by atoms with van der Waals surface area (Å²) in [5.74, 6) is -0.553. The minimum Gasteiger partial charge on any atom is -0.481 e. The van der Waals surface area contributed by atoms with E-state index in [2.05, 4.69) is 11.9 Å². The van der Waals surface area contributed by atoms with Gasteiger partial charge in [0.2, 0.25) is 0 Å². The molecule has 1 atom stereocenters. The summed E-state index contributed by atoms with van der Waals surface area (Å²) in [4.78, 5) is 15.2. The molecule has 0 aliphatic rings. The molecule has 0 saturated heterocycles. The Hall–Kier alpha value is -1.32. The molecular formula is C11H18N2O2. The van der Waals surface area contributed by atoms with Crippen molar-refractivity contribution in [2.75, 3.05) is 0 Å². The molecule has 0 aliphatic carbocycles. The zero-order valence-electron chi connectivity index (χ0n) is 9.31. The molecular weight excluding hydrogens is 192 g/mol. The van der Waals surface area contributed by atoms with E-state index in [0.717, 1.165) is 19.4 Å². The number of aliphatic carboxylic acids is 1. The second kappa shape index (κ2) is 5.53. The maximum atomic E-state index is 11.1. The number of nitrogens with zero attached hydrogens (tertiary/aromatic N) is 2. The quantitative estimate of drug-likeness (QED) is 0.783. The second-order valence-electron chi connectivity index (χ2n) is 3.66. The summed E-state index contributed by atoms with van der Waals surface area (Å²) < 4.78 is 1.94. The first-order valence-electron chi connectivity index (χ1n) is 5.44. The molecule has 0 aromatic carbocycles. The van der Waals surface area contributed by atoms with Crippen molar-refractivity contribution in [2.45, 2.75) is 45.6 Å². The topological polar surface area (TPSA) is 55.1 Å². The Labute approximate surface area is 89.9 Å². The van der Waals surface area contributed by atoms with Crippen LogP contribution in [0.3, 0.4) is 0 Å². The van der Waals surface area contributed by atoms with Crippen LogP contribution in [0, 0.1) is 0 Å². The van der Waals surface area contributed by atoms with Crippen LogP contribution in [-0.2, 0) is 11.3 Å². The first kappa shape index (κ1) is 11.8. The van der Waals surface area contributed by atoms with Crippen LogP contribution in [0.2, 0.25) is 0 Å². The number of rotatable bonds is 6. The van der Waals surface area contributed by atoms with Crippen LogP contribution in [0.25, 0.3) is 0 Å². The molecule has 1 unspecified atom stereocenters. The zero-order valence-corrected chi connectivity index (χ0v) is 9.31. The van der Waals surface area contributed by atoms with Gasteiger partial charge in [0.05, 0.1) is 0 Å². The van der Waals surface area contributed by atoms with Crippen LogP contribution in [-0.4, -0.2) is 20.6 Å². The average molecular weight is 210 g/mol. The van der Waals surface area contributed by atoms with Crippen LogP contribution in [0.15, 0.2) is 12.4 Å². The van der Waals surface area contributed by atoms with Gasteiger partial charge in [0.15, 0.2) is 0 Å². The van der Waals surface area contributed by atoms with Crippen LogP contribution in [0.1, 0.15) is 44.9 Å². The van der Waals surface area contributed by atoms with E-state index < -0.39 is 11.9 Å². The standard InChI is InChI=1S/C11H18N2O2/c1-3-5-9(11(14)15)10-12-6-8-13(10)7-4-2/h6,8-9H,3-5,7H2,1-2H3,(H,14,15). The Morgan fingerprint density at radius 1 is 1.53 bits per heavy atom. The van der Waals surface area contributed by atoms with Crippen molar-refractivity contribution in [3.8, 4) is 0 Å². The molecule has 0 amide bonds. The number of aromatic nitrogens is 2. The molecule has 4 nitrogen and oxygen atoms in total. The molecule has 1 aromatic heterocycles. The first-order chi connectivity index (χ1) is 7.20. The van der Waals surface area contributed by atoms with Gasteiger partial charge in [-0.05, 0) is 12.8 Å². The summed E-state index contributed by atoms with van der Waals surface area (Å²) >= 11 is 0. The molecule has 1 rings (SSSR count). The van der Waals surface area contributed by atoms with Crippen LogP contribution < -0.4 is 0 Å². The lowest BCUT2D eigenvalue weighted by Gasteiger charge is -2.13. The van der Waals surface area contributed by atoms with E-state index in [-0.39, 0.29) is 0 Å². The molecule has 0 saturated carbocycles. The van der Waals surface area contributed by atoms with E-state index in [4.69, 9.17) is 5.11 Å². The van der Waals surface area contributed by atoms with Crippen molar-refractivity contribution >= 4 is 5.97 Å². The highest BCUT2D eigenvalue weighted by atomic mass is 16.4. The third kappa shape index (κ3) is 2.81. The normalized spacial score (nSPS) is 12.7. The highest BCUT2D eigenvalue weighted by Gasteiger charge is 2.23. The summed E-state index contributed by atoms with van der Waals surface area (Å²) in [6.45, 7) is 4.89. The molecule has 0 fully saturated rings. The Morgan fingerprint density at radius 2 is 2.27 bits per heavy atom. The van der Waals surface area contributed by atoms with Crippen molar-refractivity contribution in [2.24, 2.45) is 0 Å². The molecule has 1 N–H and O–H groups in total. The Morgan fingerprint density at radius 3 is 2.80 bits per heavy atom. The molecule has 0 spiro atoms. The summed E-state index contributed by atoms with van der Waals surface area (Å²) in [6.07, 6.45) is 6.02. The van der Waals surface area contributed by atoms with Gasteiger partial charge in [0.25, 0.3) is 0 Å². The molecule has 1 aromatic rings. The summed E-state index contributed by atoms with van der Waals surface area (Å²) in [6, 6.07) is 0. The first-order valence-corrected chi connectivity index (χ1v) is 5.44. The number of carboxylic acid groups (broad SMARTS) is 1. The SMILES string of the molecule is CCCC(C(=O)O)c1nccn1CCC. The van der Waals surface area contributed by atoms with Gasteiger partial charge in [0.1, 0.15) is 11.7 Å². The van der Waals surface area contributed by atoms with Crippen molar-refractivity contribution < 1.29 is 9.90 Å². The molecule has 0 bridgehead atoms. The van der Waals surface area contributed by atoms with Gasteiger partial charge < -0.3 is 9.67 Å². The lowest BCUT2D eigenvalue weighted by molar-refractivity contribution is -0.139. The fourth-order valence-electron chi connectivity index (χ4n) is 1.71. The highest BCUT2D eigenvalue weighted by molar-refractivity contribution is 5.74. The molecule has 1 heterocycles. The maximum absolute atomic E-state index is 11.1. The van der Waals surface area contributed by atoms with Gasteiger partial charge in [-0.2, -0.15) is 0 Å². The number of carbonyl (C=O) groups is 1. The van der Waals surface area contributed by atoms with E-state index in [0.29, 0.717) is 12.2 Å². The lowest BCUT2D eigenvalue weighted by atomic mass is 10.0. The van der Waals surface area contributed by atoms with Gasteiger partial charge in [-0.15, -0.1) is 0 Å². The van der Waals surface area contributed by atoms with E-state index in [1.165, 1.54) is 0 Å². The van der Waals surface area contributed by atoms with Crippen molar-refractivity contribution in [3.63, 3.8) is 0 Å². The van der Waals surface area contributed by atoms with Gasteiger partial charge in [0, 0.05) is 18.9 Å². The van der Waals surface area contributed by atoms with Crippen LogP contribution >= 0.6 is 0 Å². The minimum atomic E-state index is -0.777. The average Bonchev–Trinajstić information content (AvgIpc) is 2.62. The zero-order chi connectivity index (χ0) is 11.3. The molecule has 15 heavy (non-hydrogen) atoms. The third-order valence-electron chi connectivity index (χ3n) is 2.40.